The highest BCUT2D eigenvalue weighted by Crippen LogP contribution is 2.38. The average molecular weight is 430 g/mol. The normalized spacial score (nSPS) is 12.5. The van der Waals surface area contributed by atoms with Crippen molar-refractivity contribution in [2.24, 2.45) is 0 Å². The molecule has 6 nitrogen and oxygen atoms in total. The topological polar surface area (TPSA) is 69.9 Å². The number of benzene rings is 2. The van der Waals surface area contributed by atoms with Gasteiger partial charge in [-0.3, -0.25) is 4.79 Å². The van der Waals surface area contributed by atoms with Crippen LogP contribution in [0.4, 0.5) is 5.69 Å². The molecule has 1 amide bonds. The minimum atomic E-state index is -0.371. The van der Waals surface area contributed by atoms with Gasteiger partial charge in [0.2, 0.25) is 0 Å². The fourth-order valence-corrected chi connectivity index (χ4v) is 3.09. The van der Waals surface area contributed by atoms with Crippen LogP contribution in [0.25, 0.3) is 0 Å². The summed E-state index contributed by atoms with van der Waals surface area (Å²) in [6.45, 7) is 1.20. The summed E-state index contributed by atoms with van der Waals surface area (Å²) in [5.74, 6) is 1.78. The molecule has 1 aliphatic rings. The molecule has 0 atom stereocenters. The lowest BCUT2D eigenvalue weighted by atomic mass is 10.2. The molecule has 0 aliphatic carbocycles. The largest absolute Gasteiger partial charge is 0.489 e. The molecule has 138 valence electrons. The second-order valence-corrected chi connectivity index (χ2v) is 6.66. The van der Waals surface area contributed by atoms with E-state index < -0.39 is 0 Å². The minimum absolute atomic E-state index is 0.202. The summed E-state index contributed by atoms with van der Waals surface area (Å²) >= 11 is 3.44. The van der Waals surface area contributed by atoms with E-state index in [1.807, 2.05) is 30.3 Å². The third-order valence-electron chi connectivity index (χ3n) is 3.97. The first-order valence-electron chi connectivity index (χ1n) is 8.35. The summed E-state index contributed by atoms with van der Waals surface area (Å²) in [7, 11) is 0. The van der Waals surface area contributed by atoms with E-state index in [0.29, 0.717) is 40.4 Å². The lowest BCUT2D eigenvalue weighted by molar-refractivity contribution is 0.0993. The SMILES string of the molecule is O=C(Nc1cc2c(cc1Br)OCCO2)c1occc1COc1ccccc1. The molecule has 0 unspecified atom stereocenters. The Morgan fingerprint density at radius 2 is 1.81 bits per heavy atom. The van der Waals surface area contributed by atoms with Gasteiger partial charge in [0.25, 0.3) is 5.91 Å². The summed E-state index contributed by atoms with van der Waals surface area (Å²) in [6.07, 6.45) is 1.47. The fraction of sp³-hybridized carbons (Fsp3) is 0.150. The van der Waals surface area contributed by atoms with Crippen LogP contribution in [-0.4, -0.2) is 19.1 Å². The number of anilines is 1. The molecule has 2 heterocycles. The summed E-state index contributed by atoms with van der Waals surface area (Å²) < 4.78 is 22.9. The fourth-order valence-electron chi connectivity index (χ4n) is 2.67. The monoisotopic (exact) mass is 429 g/mol. The van der Waals surface area contributed by atoms with Crippen LogP contribution in [0.5, 0.6) is 17.2 Å². The second-order valence-electron chi connectivity index (χ2n) is 5.81. The molecule has 1 N–H and O–H groups in total. The zero-order chi connectivity index (χ0) is 18.6. The molecule has 0 spiro atoms. The Morgan fingerprint density at radius 3 is 2.59 bits per heavy atom. The van der Waals surface area contributed by atoms with Crippen molar-refractivity contribution in [3.63, 3.8) is 0 Å². The molecule has 0 saturated heterocycles. The predicted molar refractivity (Wildman–Crippen MR) is 103 cm³/mol. The lowest BCUT2D eigenvalue weighted by Crippen LogP contribution is -2.17. The standard InChI is InChI=1S/C20H16BrNO5/c21-15-10-17-18(25-9-8-24-17)11-16(15)22-20(23)19-13(6-7-26-19)12-27-14-4-2-1-3-5-14/h1-7,10-11H,8-9,12H2,(H,22,23). The Labute approximate surface area is 164 Å². The second kappa shape index (κ2) is 7.75. The highest BCUT2D eigenvalue weighted by molar-refractivity contribution is 9.10. The zero-order valence-electron chi connectivity index (χ0n) is 14.2. The third kappa shape index (κ3) is 3.93. The Balaban J connectivity index is 1.48. The number of amides is 1. The molecule has 1 aliphatic heterocycles. The van der Waals surface area contributed by atoms with E-state index in [4.69, 9.17) is 18.6 Å². The van der Waals surface area contributed by atoms with E-state index in [0.717, 1.165) is 5.75 Å². The molecular weight excluding hydrogens is 414 g/mol. The minimum Gasteiger partial charge on any atom is -0.489 e. The number of nitrogens with one attached hydrogen (secondary N) is 1. The molecule has 7 heteroatoms. The maximum atomic E-state index is 12.7. The van der Waals surface area contributed by atoms with E-state index in [-0.39, 0.29) is 18.3 Å². The molecule has 27 heavy (non-hydrogen) atoms. The van der Waals surface area contributed by atoms with Gasteiger partial charge in [-0.15, -0.1) is 0 Å². The molecule has 1 aromatic heterocycles. The molecule has 4 rings (SSSR count). The van der Waals surface area contributed by atoms with Gasteiger partial charge in [-0.2, -0.15) is 0 Å². The van der Waals surface area contributed by atoms with E-state index in [9.17, 15) is 4.79 Å². The van der Waals surface area contributed by atoms with Gasteiger partial charge in [-0.1, -0.05) is 18.2 Å². The first-order chi connectivity index (χ1) is 13.2. The average Bonchev–Trinajstić information content (AvgIpc) is 3.16. The number of furan rings is 1. The Morgan fingerprint density at radius 1 is 1.07 bits per heavy atom. The van der Waals surface area contributed by atoms with E-state index in [1.165, 1.54) is 6.26 Å². The summed E-state index contributed by atoms with van der Waals surface area (Å²) in [5, 5.41) is 2.83. The number of carbonyl (C=O) groups is 1. The number of halogens is 1. The number of rotatable bonds is 5. The summed E-state index contributed by atoms with van der Waals surface area (Å²) in [4.78, 5) is 12.7. The predicted octanol–water partition coefficient (Wildman–Crippen LogP) is 4.64. The van der Waals surface area contributed by atoms with Crippen molar-refractivity contribution in [3.8, 4) is 17.2 Å². The Kier molecular flexibility index (Phi) is 5.02. The number of para-hydroxylation sites is 1. The quantitative estimate of drug-likeness (QED) is 0.639. The summed E-state index contributed by atoms with van der Waals surface area (Å²) in [5.41, 5.74) is 1.22. The molecular formula is C20H16BrNO5. The van der Waals surface area contributed by atoms with Crippen LogP contribution < -0.4 is 19.5 Å². The molecule has 0 radical (unpaired) electrons. The number of ether oxygens (including phenoxy) is 3. The zero-order valence-corrected chi connectivity index (χ0v) is 15.8. The number of hydrogen-bond donors (Lipinski definition) is 1. The maximum Gasteiger partial charge on any atom is 0.291 e. The Hall–Kier alpha value is -2.93. The summed E-state index contributed by atoms with van der Waals surface area (Å²) in [6, 6.07) is 14.6. The van der Waals surface area contributed by atoms with Crippen LogP contribution in [0.2, 0.25) is 0 Å². The van der Waals surface area contributed by atoms with Crippen LogP contribution in [-0.2, 0) is 6.61 Å². The number of fused-ring (bicyclic) bond motifs is 1. The van der Waals surface area contributed by atoms with Crippen LogP contribution >= 0.6 is 15.9 Å². The van der Waals surface area contributed by atoms with Crippen LogP contribution in [0.1, 0.15) is 16.1 Å². The van der Waals surface area contributed by atoms with Gasteiger partial charge < -0.3 is 23.9 Å². The molecule has 3 aromatic rings. The van der Waals surface area contributed by atoms with Gasteiger partial charge in [0.05, 0.1) is 12.0 Å². The lowest BCUT2D eigenvalue weighted by Gasteiger charge is -2.20. The maximum absolute atomic E-state index is 12.7. The van der Waals surface area contributed by atoms with Crippen molar-refractivity contribution in [2.45, 2.75) is 6.61 Å². The van der Waals surface area contributed by atoms with Crippen LogP contribution in [0.3, 0.4) is 0 Å². The van der Waals surface area contributed by atoms with Gasteiger partial charge in [0, 0.05) is 22.2 Å². The van der Waals surface area contributed by atoms with Crippen LogP contribution in [0, 0.1) is 0 Å². The van der Waals surface area contributed by atoms with Crippen molar-refractivity contribution in [1.82, 2.24) is 0 Å². The smallest absolute Gasteiger partial charge is 0.291 e. The third-order valence-corrected chi connectivity index (χ3v) is 4.63. The molecule has 0 bridgehead atoms. The van der Waals surface area contributed by atoms with Crippen molar-refractivity contribution >= 4 is 27.5 Å². The van der Waals surface area contributed by atoms with Crippen LogP contribution in [0.15, 0.2) is 63.7 Å². The number of hydrogen-bond acceptors (Lipinski definition) is 5. The molecule has 0 saturated carbocycles. The first-order valence-corrected chi connectivity index (χ1v) is 9.15. The highest BCUT2D eigenvalue weighted by atomic mass is 79.9. The van der Waals surface area contributed by atoms with Crippen molar-refractivity contribution in [2.75, 3.05) is 18.5 Å². The van der Waals surface area contributed by atoms with Gasteiger partial charge in [-0.25, -0.2) is 0 Å². The molecule has 2 aromatic carbocycles. The van der Waals surface area contributed by atoms with E-state index in [2.05, 4.69) is 21.2 Å². The van der Waals surface area contributed by atoms with Crippen molar-refractivity contribution in [1.29, 1.82) is 0 Å². The molecule has 0 fully saturated rings. The van der Waals surface area contributed by atoms with Gasteiger partial charge in [-0.05, 0) is 34.1 Å². The van der Waals surface area contributed by atoms with Crippen molar-refractivity contribution in [3.05, 3.63) is 70.6 Å². The van der Waals surface area contributed by atoms with E-state index >= 15 is 0 Å². The number of carbonyl (C=O) groups excluding carboxylic acids is 1. The van der Waals surface area contributed by atoms with Gasteiger partial charge >= 0.3 is 0 Å². The Bertz CT molecular complexity index is 954. The van der Waals surface area contributed by atoms with Crippen molar-refractivity contribution < 1.29 is 23.4 Å². The van der Waals surface area contributed by atoms with E-state index in [1.54, 1.807) is 18.2 Å². The van der Waals surface area contributed by atoms with Gasteiger partial charge in [0.1, 0.15) is 25.6 Å². The highest BCUT2D eigenvalue weighted by Gasteiger charge is 2.20. The van der Waals surface area contributed by atoms with Gasteiger partial charge in [0.15, 0.2) is 17.3 Å². The first kappa shape index (κ1) is 17.5.